The van der Waals surface area contributed by atoms with Crippen molar-refractivity contribution >= 4 is 38.5 Å². The van der Waals surface area contributed by atoms with Crippen molar-refractivity contribution in [3.63, 3.8) is 0 Å². The van der Waals surface area contributed by atoms with Gasteiger partial charge in [-0.1, -0.05) is 12.1 Å². The van der Waals surface area contributed by atoms with E-state index in [1.54, 1.807) is 59.8 Å². The highest BCUT2D eigenvalue weighted by Crippen LogP contribution is 2.26. The van der Waals surface area contributed by atoms with Crippen molar-refractivity contribution in [2.45, 2.75) is 4.90 Å². The molecule has 0 aliphatic carbocycles. The lowest BCUT2D eigenvalue weighted by atomic mass is 10.2. The van der Waals surface area contributed by atoms with Crippen LogP contribution in [-0.2, 0) is 21.9 Å². The van der Waals surface area contributed by atoms with Crippen LogP contribution in [0.1, 0.15) is 5.56 Å². The van der Waals surface area contributed by atoms with Gasteiger partial charge in [-0.3, -0.25) is 14.8 Å². The number of hydrogen-bond acceptors (Lipinski definition) is 6. The molecule has 0 unspecified atom stereocenters. The third kappa shape index (κ3) is 4.53. The number of carbonyl (C=O) groups excluding carboxylic acids is 1. The van der Waals surface area contributed by atoms with Crippen molar-refractivity contribution in [1.82, 2.24) is 19.1 Å². The third-order valence-electron chi connectivity index (χ3n) is 3.81. The van der Waals surface area contributed by atoms with Gasteiger partial charge in [-0.05, 0) is 18.2 Å². The maximum atomic E-state index is 12.1. The first-order valence-electron chi connectivity index (χ1n) is 8.22. The number of benzene rings is 1. The van der Waals surface area contributed by atoms with Crippen molar-refractivity contribution in [3.05, 3.63) is 53.7 Å². The van der Waals surface area contributed by atoms with Crippen LogP contribution in [0.25, 0.3) is 17.3 Å². The molecular weight excluding hydrogens is 398 g/mol. The van der Waals surface area contributed by atoms with Gasteiger partial charge in [0.15, 0.2) is 5.13 Å². The van der Waals surface area contributed by atoms with Crippen LogP contribution >= 0.6 is 11.3 Å². The number of nitrogens with one attached hydrogen (secondary N) is 1. The average molecular weight is 418 g/mol. The molecule has 146 valence electrons. The first-order chi connectivity index (χ1) is 13.3. The van der Waals surface area contributed by atoms with Gasteiger partial charge in [0, 0.05) is 49.9 Å². The zero-order chi connectivity index (χ0) is 20.3. The van der Waals surface area contributed by atoms with Gasteiger partial charge in [0.1, 0.15) is 0 Å². The Labute approximate surface area is 167 Å². The Kier molecular flexibility index (Phi) is 5.73. The number of thiazole rings is 1. The fourth-order valence-electron chi connectivity index (χ4n) is 2.32. The van der Waals surface area contributed by atoms with E-state index in [0.717, 1.165) is 15.4 Å². The number of rotatable bonds is 6. The van der Waals surface area contributed by atoms with Crippen LogP contribution in [0.15, 0.2) is 53.0 Å². The number of nitrogens with zero attached hydrogens (tertiary/aromatic N) is 4. The van der Waals surface area contributed by atoms with E-state index < -0.39 is 10.0 Å². The summed E-state index contributed by atoms with van der Waals surface area (Å²) < 4.78 is 27.1. The minimum Gasteiger partial charge on any atom is -0.298 e. The Bertz CT molecular complexity index is 1110. The van der Waals surface area contributed by atoms with Crippen molar-refractivity contribution in [1.29, 1.82) is 0 Å². The first kappa shape index (κ1) is 19.9. The zero-order valence-electron chi connectivity index (χ0n) is 15.5. The van der Waals surface area contributed by atoms with Gasteiger partial charge >= 0.3 is 0 Å². The Balaban J connectivity index is 1.68. The van der Waals surface area contributed by atoms with Gasteiger partial charge in [-0.2, -0.15) is 5.10 Å². The molecule has 2 aromatic heterocycles. The topological polar surface area (TPSA) is 97.2 Å². The summed E-state index contributed by atoms with van der Waals surface area (Å²) in [6.45, 7) is 0. The lowest BCUT2D eigenvalue weighted by Gasteiger charge is -2.11. The summed E-state index contributed by atoms with van der Waals surface area (Å²) in [5.74, 6) is -0.294. The molecule has 3 aromatic rings. The number of hydrogen-bond donors (Lipinski definition) is 1. The van der Waals surface area contributed by atoms with Crippen LogP contribution in [0.2, 0.25) is 0 Å². The van der Waals surface area contributed by atoms with Crippen LogP contribution in [0.4, 0.5) is 5.13 Å². The van der Waals surface area contributed by atoms with E-state index >= 15 is 0 Å². The molecule has 0 aliphatic rings. The molecule has 10 heteroatoms. The highest BCUT2D eigenvalue weighted by atomic mass is 32.2. The Morgan fingerprint density at radius 2 is 1.96 bits per heavy atom. The second-order valence-corrected chi connectivity index (χ2v) is 9.13. The maximum Gasteiger partial charge on any atom is 0.250 e. The molecule has 0 aliphatic heterocycles. The van der Waals surface area contributed by atoms with E-state index in [1.807, 2.05) is 0 Å². The largest absolute Gasteiger partial charge is 0.298 e. The molecule has 1 amide bonds. The molecule has 0 fully saturated rings. The van der Waals surface area contributed by atoms with E-state index in [4.69, 9.17) is 0 Å². The maximum absolute atomic E-state index is 12.1. The molecule has 0 spiro atoms. The van der Waals surface area contributed by atoms with Gasteiger partial charge < -0.3 is 0 Å². The normalized spacial score (nSPS) is 12.0. The number of anilines is 1. The average Bonchev–Trinajstić information content (AvgIpc) is 3.29. The third-order valence-corrected chi connectivity index (χ3v) is 6.40. The summed E-state index contributed by atoms with van der Waals surface area (Å²) in [5.41, 5.74) is 2.25. The van der Waals surface area contributed by atoms with Gasteiger partial charge in [0.25, 0.3) is 0 Å². The fourth-order valence-corrected chi connectivity index (χ4v) is 3.94. The predicted octanol–water partition coefficient (Wildman–Crippen LogP) is 2.45. The lowest BCUT2D eigenvalue weighted by Crippen LogP contribution is -2.22. The summed E-state index contributed by atoms with van der Waals surface area (Å²) in [6.07, 6.45) is 6.54. The molecule has 0 atom stereocenters. The highest BCUT2D eigenvalue weighted by molar-refractivity contribution is 7.89. The number of aromatic nitrogens is 3. The Morgan fingerprint density at radius 1 is 1.25 bits per heavy atom. The fraction of sp³-hybridized carbons (Fsp3) is 0.167. The first-order valence-corrected chi connectivity index (χ1v) is 10.5. The monoisotopic (exact) mass is 417 g/mol. The molecule has 28 heavy (non-hydrogen) atoms. The summed E-state index contributed by atoms with van der Waals surface area (Å²) in [5, 5.41) is 9.00. The molecule has 2 heterocycles. The Hall–Kier alpha value is -2.82. The molecular formula is C18H19N5O3S2. The molecule has 1 N–H and O–H groups in total. The van der Waals surface area contributed by atoms with Gasteiger partial charge in [0.2, 0.25) is 15.9 Å². The second-order valence-electron chi connectivity index (χ2n) is 6.12. The summed E-state index contributed by atoms with van der Waals surface area (Å²) in [6, 6.07) is 6.47. The molecule has 3 rings (SSSR count). The summed E-state index contributed by atoms with van der Waals surface area (Å²) in [7, 11) is 1.31. The molecule has 1 aromatic carbocycles. The van der Waals surface area contributed by atoms with Crippen LogP contribution in [0, 0.1) is 0 Å². The van der Waals surface area contributed by atoms with E-state index in [0.29, 0.717) is 10.8 Å². The van der Waals surface area contributed by atoms with Crippen molar-refractivity contribution in [3.8, 4) is 11.3 Å². The quantitative estimate of drug-likeness (QED) is 0.622. The minimum absolute atomic E-state index is 0.213. The van der Waals surface area contributed by atoms with Crippen molar-refractivity contribution in [2.75, 3.05) is 19.4 Å². The van der Waals surface area contributed by atoms with Crippen LogP contribution < -0.4 is 5.32 Å². The van der Waals surface area contributed by atoms with Gasteiger partial charge in [0.05, 0.1) is 16.8 Å². The summed E-state index contributed by atoms with van der Waals surface area (Å²) >= 11 is 1.29. The van der Waals surface area contributed by atoms with E-state index in [9.17, 15) is 13.2 Å². The lowest BCUT2D eigenvalue weighted by molar-refractivity contribution is -0.111. The Morgan fingerprint density at radius 3 is 2.57 bits per heavy atom. The number of carbonyl (C=O) groups is 1. The SMILES string of the molecule is CN(C)S(=O)(=O)c1ccc(-c2csc(NC(=O)/C=C/c3cnn(C)c3)n2)cc1. The molecule has 0 bridgehead atoms. The van der Waals surface area contributed by atoms with E-state index in [-0.39, 0.29) is 10.8 Å². The standard InChI is InChI=1S/C18H19N5O3S2/c1-22(2)28(25,26)15-7-5-14(6-8-15)16-12-27-18(20-16)21-17(24)9-4-13-10-19-23(3)11-13/h4-12H,1-3H3,(H,20,21,24)/b9-4+. The van der Waals surface area contributed by atoms with Crippen molar-refractivity contribution < 1.29 is 13.2 Å². The number of amides is 1. The minimum atomic E-state index is -3.47. The van der Waals surface area contributed by atoms with Crippen LogP contribution in [0.5, 0.6) is 0 Å². The second kappa shape index (κ2) is 8.05. The highest BCUT2D eigenvalue weighted by Gasteiger charge is 2.17. The number of sulfonamides is 1. The zero-order valence-corrected chi connectivity index (χ0v) is 17.2. The van der Waals surface area contributed by atoms with Gasteiger partial charge in [-0.15, -0.1) is 11.3 Å². The van der Waals surface area contributed by atoms with Gasteiger partial charge in [-0.25, -0.2) is 17.7 Å². The van der Waals surface area contributed by atoms with Crippen LogP contribution in [-0.4, -0.2) is 47.5 Å². The molecule has 0 saturated carbocycles. The number of aryl methyl sites for hydroxylation is 1. The van der Waals surface area contributed by atoms with E-state index in [1.165, 1.54) is 31.5 Å². The predicted molar refractivity (Wildman–Crippen MR) is 109 cm³/mol. The molecule has 0 radical (unpaired) electrons. The van der Waals surface area contributed by atoms with Crippen molar-refractivity contribution in [2.24, 2.45) is 7.05 Å². The summed E-state index contributed by atoms with van der Waals surface area (Å²) in [4.78, 5) is 16.6. The molecule has 0 saturated heterocycles. The van der Waals surface area contributed by atoms with Crippen LogP contribution in [0.3, 0.4) is 0 Å². The van der Waals surface area contributed by atoms with E-state index in [2.05, 4.69) is 15.4 Å². The molecule has 8 nitrogen and oxygen atoms in total. The smallest absolute Gasteiger partial charge is 0.250 e.